The number of fused-ring (bicyclic) bond motifs is 2. The molecule has 3 rings (SSSR count). The third kappa shape index (κ3) is 2.52. The second-order valence-electron chi connectivity index (χ2n) is 5.61. The highest BCUT2D eigenvalue weighted by Gasteiger charge is 2.41. The molecular formula is C15H20BrFN2. The Morgan fingerprint density at radius 1 is 1.32 bits per heavy atom. The summed E-state index contributed by atoms with van der Waals surface area (Å²) in [7, 11) is 0. The molecule has 1 N–H and O–H groups in total. The standard InChI is InChI=1S/C15H20BrFN2/c1-2-18-11-8-12-4-5-13(9-11)19(12)15-6-3-10(17)7-14(15)16/h3,6-7,11-13,18H,2,4-5,8-9H2,1H3. The topological polar surface area (TPSA) is 15.3 Å². The van der Waals surface area contributed by atoms with E-state index in [0.717, 1.165) is 16.7 Å². The molecule has 2 heterocycles. The van der Waals surface area contributed by atoms with Crippen molar-refractivity contribution in [2.75, 3.05) is 11.4 Å². The second-order valence-corrected chi connectivity index (χ2v) is 6.47. The molecule has 0 aliphatic carbocycles. The molecule has 0 aromatic heterocycles. The van der Waals surface area contributed by atoms with Crippen LogP contribution in [0.2, 0.25) is 0 Å². The summed E-state index contributed by atoms with van der Waals surface area (Å²) >= 11 is 3.51. The zero-order valence-electron chi connectivity index (χ0n) is 11.2. The number of hydrogen-bond acceptors (Lipinski definition) is 2. The molecule has 2 saturated heterocycles. The Hall–Kier alpha value is -0.610. The molecule has 2 nitrogen and oxygen atoms in total. The Balaban J connectivity index is 1.83. The molecule has 2 bridgehead atoms. The molecular weight excluding hydrogens is 307 g/mol. The highest BCUT2D eigenvalue weighted by molar-refractivity contribution is 9.10. The van der Waals surface area contributed by atoms with Crippen molar-refractivity contribution in [3.05, 3.63) is 28.5 Å². The fourth-order valence-electron chi connectivity index (χ4n) is 3.72. The van der Waals surface area contributed by atoms with E-state index in [9.17, 15) is 4.39 Å². The van der Waals surface area contributed by atoms with Crippen molar-refractivity contribution < 1.29 is 4.39 Å². The van der Waals surface area contributed by atoms with E-state index >= 15 is 0 Å². The summed E-state index contributed by atoms with van der Waals surface area (Å²) in [5, 5.41) is 3.58. The monoisotopic (exact) mass is 326 g/mol. The van der Waals surface area contributed by atoms with Crippen LogP contribution in [0, 0.1) is 5.82 Å². The Morgan fingerprint density at radius 3 is 2.58 bits per heavy atom. The molecule has 0 saturated carbocycles. The second kappa shape index (κ2) is 5.41. The van der Waals surface area contributed by atoms with Gasteiger partial charge in [-0.1, -0.05) is 6.92 Å². The van der Waals surface area contributed by atoms with E-state index in [2.05, 4.69) is 33.1 Å². The number of nitrogens with zero attached hydrogens (tertiary/aromatic N) is 1. The van der Waals surface area contributed by atoms with Gasteiger partial charge in [-0.3, -0.25) is 0 Å². The van der Waals surface area contributed by atoms with Crippen LogP contribution in [-0.2, 0) is 0 Å². The molecule has 2 fully saturated rings. The van der Waals surface area contributed by atoms with Crippen molar-refractivity contribution in [1.29, 1.82) is 0 Å². The lowest BCUT2D eigenvalue weighted by Gasteiger charge is -2.41. The lowest BCUT2D eigenvalue weighted by atomic mass is 9.96. The van der Waals surface area contributed by atoms with Gasteiger partial charge < -0.3 is 10.2 Å². The number of benzene rings is 1. The number of anilines is 1. The van der Waals surface area contributed by atoms with Gasteiger partial charge in [0.15, 0.2) is 0 Å². The molecule has 2 aliphatic heterocycles. The zero-order chi connectivity index (χ0) is 13.4. The van der Waals surface area contributed by atoms with Crippen molar-refractivity contribution in [2.45, 2.75) is 50.7 Å². The molecule has 2 aliphatic rings. The van der Waals surface area contributed by atoms with Crippen LogP contribution >= 0.6 is 15.9 Å². The van der Waals surface area contributed by atoms with Crippen LogP contribution in [-0.4, -0.2) is 24.7 Å². The Kier molecular flexibility index (Phi) is 3.81. The maximum absolute atomic E-state index is 13.2. The van der Waals surface area contributed by atoms with E-state index in [1.54, 1.807) is 12.1 Å². The number of rotatable bonds is 3. The van der Waals surface area contributed by atoms with Gasteiger partial charge in [-0.25, -0.2) is 4.39 Å². The van der Waals surface area contributed by atoms with E-state index in [-0.39, 0.29) is 5.82 Å². The minimum atomic E-state index is -0.175. The fraction of sp³-hybridized carbons (Fsp3) is 0.600. The van der Waals surface area contributed by atoms with Crippen molar-refractivity contribution in [1.82, 2.24) is 5.32 Å². The van der Waals surface area contributed by atoms with Crippen LogP contribution in [0.5, 0.6) is 0 Å². The van der Waals surface area contributed by atoms with Gasteiger partial charge in [-0.15, -0.1) is 0 Å². The van der Waals surface area contributed by atoms with E-state index in [1.807, 2.05) is 6.07 Å². The van der Waals surface area contributed by atoms with Crippen LogP contribution in [0.15, 0.2) is 22.7 Å². The van der Waals surface area contributed by atoms with Gasteiger partial charge in [-0.2, -0.15) is 0 Å². The predicted octanol–water partition coefficient (Wildman–Crippen LogP) is 3.70. The van der Waals surface area contributed by atoms with Gasteiger partial charge in [0.2, 0.25) is 0 Å². The minimum absolute atomic E-state index is 0.175. The minimum Gasteiger partial charge on any atom is -0.365 e. The summed E-state index contributed by atoms with van der Waals surface area (Å²) in [6.07, 6.45) is 4.93. The van der Waals surface area contributed by atoms with Crippen molar-refractivity contribution >= 4 is 21.6 Å². The molecule has 4 heteroatoms. The molecule has 1 aromatic carbocycles. The SMILES string of the molecule is CCNC1CC2CCC(C1)N2c1ccc(F)cc1Br. The van der Waals surface area contributed by atoms with E-state index in [0.29, 0.717) is 18.1 Å². The van der Waals surface area contributed by atoms with E-state index < -0.39 is 0 Å². The van der Waals surface area contributed by atoms with Crippen molar-refractivity contribution in [3.8, 4) is 0 Å². The normalized spacial score (nSPS) is 29.8. The average molecular weight is 327 g/mol. The van der Waals surface area contributed by atoms with E-state index in [1.165, 1.54) is 25.7 Å². The number of nitrogens with one attached hydrogen (secondary N) is 1. The quantitative estimate of drug-likeness (QED) is 0.911. The lowest BCUT2D eigenvalue weighted by Crippen LogP contribution is -2.49. The summed E-state index contributed by atoms with van der Waals surface area (Å²) in [6, 6.07) is 6.91. The first-order chi connectivity index (χ1) is 9.19. The van der Waals surface area contributed by atoms with Crippen LogP contribution in [0.25, 0.3) is 0 Å². The van der Waals surface area contributed by atoms with Gasteiger partial charge in [0.25, 0.3) is 0 Å². The largest absolute Gasteiger partial charge is 0.365 e. The number of piperidine rings is 1. The number of halogens is 2. The summed E-state index contributed by atoms with van der Waals surface area (Å²) in [6.45, 7) is 3.22. The molecule has 104 valence electrons. The average Bonchev–Trinajstić information content (AvgIpc) is 2.63. The third-order valence-electron chi connectivity index (χ3n) is 4.41. The van der Waals surface area contributed by atoms with Crippen LogP contribution in [0.1, 0.15) is 32.6 Å². The van der Waals surface area contributed by atoms with Crippen molar-refractivity contribution in [3.63, 3.8) is 0 Å². The molecule has 0 radical (unpaired) electrons. The first kappa shape index (κ1) is 13.4. The highest BCUT2D eigenvalue weighted by Crippen LogP contribution is 2.42. The molecule has 2 atom stereocenters. The lowest BCUT2D eigenvalue weighted by molar-refractivity contribution is 0.361. The molecule has 0 amide bonds. The zero-order valence-corrected chi connectivity index (χ0v) is 12.8. The Bertz CT molecular complexity index is 451. The van der Waals surface area contributed by atoms with Gasteiger partial charge >= 0.3 is 0 Å². The maximum Gasteiger partial charge on any atom is 0.124 e. The van der Waals surface area contributed by atoms with Crippen molar-refractivity contribution in [2.24, 2.45) is 0 Å². The first-order valence-electron chi connectivity index (χ1n) is 7.15. The first-order valence-corrected chi connectivity index (χ1v) is 7.95. The summed E-state index contributed by atoms with van der Waals surface area (Å²) in [5.41, 5.74) is 1.16. The van der Waals surface area contributed by atoms with Gasteiger partial charge in [-0.05, 0) is 66.4 Å². The summed E-state index contributed by atoms with van der Waals surface area (Å²) in [5.74, 6) is -0.175. The third-order valence-corrected chi connectivity index (χ3v) is 5.05. The van der Waals surface area contributed by atoms with Gasteiger partial charge in [0.05, 0.1) is 5.69 Å². The van der Waals surface area contributed by atoms with Crippen LogP contribution in [0.3, 0.4) is 0 Å². The van der Waals surface area contributed by atoms with Crippen LogP contribution < -0.4 is 10.2 Å². The molecule has 0 spiro atoms. The van der Waals surface area contributed by atoms with E-state index in [4.69, 9.17) is 0 Å². The molecule has 19 heavy (non-hydrogen) atoms. The summed E-state index contributed by atoms with van der Waals surface area (Å²) < 4.78 is 14.1. The predicted molar refractivity (Wildman–Crippen MR) is 80.1 cm³/mol. The maximum atomic E-state index is 13.2. The van der Waals surface area contributed by atoms with Gasteiger partial charge in [0, 0.05) is 22.6 Å². The molecule has 2 unspecified atom stereocenters. The van der Waals surface area contributed by atoms with Gasteiger partial charge in [0.1, 0.15) is 5.82 Å². The number of hydrogen-bond donors (Lipinski definition) is 1. The fourth-order valence-corrected chi connectivity index (χ4v) is 4.27. The highest BCUT2D eigenvalue weighted by atomic mass is 79.9. The summed E-state index contributed by atoms with van der Waals surface area (Å²) in [4.78, 5) is 2.51. The molecule has 1 aromatic rings. The smallest absolute Gasteiger partial charge is 0.124 e. The van der Waals surface area contributed by atoms with Crippen LogP contribution in [0.4, 0.5) is 10.1 Å². The Morgan fingerprint density at radius 2 is 2.00 bits per heavy atom. The Labute approximate surface area is 122 Å².